The predicted molar refractivity (Wildman–Crippen MR) is 117 cm³/mol. The molecule has 0 aliphatic carbocycles. The van der Waals surface area contributed by atoms with Gasteiger partial charge in [-0.1, -0.05) is 30.3 Å². The van der Waals surface area contributed by atoms with E-state index >= 15 is 0 Å². The van der Waals surface area contributed by atoms with Gasteiger partial charge in [-0.2, -0.15) is 10.2 Å². The van der Waals surface area contributed by atoms with Crippen LogP contribution in [0.25, 0.3) is 0 Å². The first kappa shape index (κ1) is 19.2. The van der Waals surface area contributed by atoms with Gasteiger partial charge in [0.05, 0.1) is 44.0 Å². The number of hydrogen-bond donors (Lipinski definition) is 1. The smallest absolute Gasteiger partial charge is 0.161 e. The quantitative estimate of drug-likeness (QED) is 0.591. The zero-order chi connectivity index (χ0) is 20.6. The SMILES string of the molecule is CCOc1cc(C=NN=C(c2ccccc2)C23CN4CN(CN(C4)C2)C3)ccc1O. The van der Waals surface area contributed by atoms with Crippen LogP contribution in [0, 0.1) is 5.41 Å². The molecule has 7 heteroatoms. The minimum atomic E-state index is -0.0428. The summed E-state index contributed by atoms with van der Waals surface area (Å²) in [5.41, 5.74) is 2.97. The van der Waals surface area contributed by atoms with E-state index in [0.717, 1.165) is 56.5 Å². The van der Waals surface area contributed by atoms with Gasteiger partial charge in [-0.05, 0) is 36.2 Å². The van der Waals surface area contributed by atoms with E-state index in [-0.39, 0.29) is 11.2 Å². The first-order valence-electron chi connectivity index (χ1n) is 10.4. The van der Waals surface area contributed by atoms with Gasteiger partial charge < -0.3 is 9.84 Å². The number of aromatic hydroxyl groups is 1. The maximum atomic E-state index is 9.91. The first-order chi connectivity index (χ1) is 14.6. The van der Waals surface area contributed by atoms with Crippen LogP contribution in [0.1, 0.15) is 18.1 Å². The number of phenolic OH excluding ortho intramolecular Hbond substituents is 1. The van der Waals surface area contributed by atoms with Crippen LogP contribution < -0.4 is 4.74 Å². The van der Waals surface area contributed by atoms with Crippen LogP contribution in [0.3, 0.4) is 0 Å². The third kappa shape index (κ3) is 3.60. The maximum Gasteiger partial charge on any atom is 0.161 e. The molecule has 4 aliphatic heterocycles. The van der Waals surface area contributed by atoms with Crippen LogP contribution in [-0.4, -0.2) is 78.0 Å². The molecule has 0 spiro atoms. The molecule has 4 aliphatic rings. The van der Waals surface area contributed by atoms with Crippen LogP contribution in [0.5, 0.6) is 11.5 Å². The van der Waals surface area contributed by atoms with Crippen LogP contribution in [0.2, 0.25) is 0 Å². The highest BCUT2D eigenvalue weighted by atomic mass is 16.5. The number of benzene rings is 2. The fourth-order valence-electron chi connectivity index (χ4n) is 5.04. The van der Waals surface area contributed by atoms with Gasteiger partial charge in [-0.15, -0.1) is 0 Å². The van der Waals surface area contributed by atoms with Gasteiger partial charge in [0, 0.05) is 19.6 Å². The maximum absolute atomic E-state index is 9.91. The molecule has 0 saturated carbocycles. The lowest BCUT2D eigenvalue weighted by Gasteiger charge is -2.60. The van der Waals surface area contributed by atoms with E-state index in [1.54, 1.807) is 18.3 Å². The third-order valence-corrected chi connectivity index (χ3v) is 5.98. The lowest BCUT2D eigenvalue weighted by atomic mass is 9.74. The molecule has 156 valence electrons. The molecule has 0 aromatic heterocycles. The molecular formula is C23H27N5O2. The zero-order valence-electron chi connectivity index (χ0n) is 17.2. The summed E-state index contributed by atoms with van der Waals surface area (Å²) in [6.45, 7) is 8.54. The molecule has 4 heterocycles. The van der Waals surface area contributed by atoms with Crippen molar-refractivity contribution in [1.82, 2.24) is 14.7 Å². The summed E-state index contributed by atoms with van der Waals surface area (Å²) in [6.07, 6.45) is 1.73. The van der Waals surface area contributed by atoms with Crippen molar-refractivity contribution >= 4 is 11.9 Å². The molecule has 1 N–H and O–H groups in total. The van der Waals surface area contributed by atoms with Crippen LogP contribution in [0.15, 0.2) is 58.7 Å². The Balaban J connectivity index is 1.48. The Morgan fingerprint density at radius 2 is 1.70 bits per heavy atom. The molecule has 0 unspecified atom stereocenters. The van der Waals surface area contributed by atoms with Crippen molar-refractivity contribution in [2.24, 2.45) is 15.6 Å². The van der Waals surface area contributed by atoms with E-state index in [9.17, 15) is 5.11 Å². The Labute approximate surface area is 176 Å². The molecule has 4 fully saturated rings. The van der Waals surface area contributed by atoms with E-state index in [1.165, 1.54) is 0 Å². The number of nitrogens with zero attached hydrogens (tertiary/aromatic N) is 5. The van der Waals surface area contributed by atoms with Crippen molar-refractivity contribution < 1.29 is 9.84 Å². The highest BCUT2D eigenvalue weighted by Gasteiger charge is 2.51. The summed E-state index contributed by atoms with van der Waals surface area (Å²) < 4.78 is 5.47. The molecule has 7 nitrogen and oxygen atoms in total. The van der Waals surface area contributed by atoms with Crippen molar-refractivity contribution in [1.29, 1.82) is 0 Å². The van der Waals surface area contributed by atoms with E-state index < -0.39 is 0 Å². The zero-order valence-corrected chi connectivity index (χ0v) is 17.2. The number of rotatable bonds is 6. The molecule has 4 saturated heterocycles. The minimum absolute atomic E-state index is 0.0428. The van der Waals surface area contributed by atoms with E-state index in [2.05, 4.69) is 44.1 Å². The summed E-state index contributed by atoms with van der Waals surface area (Å²) in [4.78, 5) is 7.48. The van der Waals surface area contributed by atoms with Crippen LogP contribution in [-0.2, 0) is 0 Å². The lowest BCUT2D eigenvalue weighted by molar-refractivity contribution is -0.149. The van der Waals surface area contributed by atoms with Gasteiger partial charge in [-0.3, -0.25) is 14.7 Å². The Morgan fingerprint density at radius 3 is 2.33 bits per heavy atom. The second kappa shape index (κ2) is 7.83. The summed E-state index contributed by atoms with van der Waals surface area (Å²) in [5.74, 6) is 0.594. The van der Waals surface area contributed by atoms with Crippen molar-refractivity contribution in [2.45, 2.75) is 6.92 Å². The van der Waals surface area contributed by atoms with E-state index in [0.29, 0.717) is 12.4 Å². The highest BCUT2D eigenvalue weighted by molar-refractivity contribution is 6.05. The van der Waals surface area contributed by atoms with Gasteiger partial charge in [0.1, 0.15) is 0 Å². The molecule has 0 atom stereocenters. The van der Waals surface area contributed by atoms with Crippen LogP contribution >= 0.6 is 0 Å². The van der Waals surface area contributed by atoms with Gasteiger partial charge >= 0.3 is 0 Å². The number of ether oxygens (including phenoxy) is 1. The third-order valence-electron chi connectivity index (χ3n) is 5.98. The Kier molecular flexibility index (Phi) is 5.02. The van der Waals surface area contributed by atoms with Crippen molar-refractivity contribution in [2.75, 3.05) is 46.2 Å². The largest absolute Gasteiger partial charge is 0.504 e. The normalized spacial score (nSPS) is 30.2. The Morgan fingerprint density at radius 1 is 1.03 bits per heavy atom. The Hall–Kier alpha value is -2.74. The molecule has 6 rings (SSSR count). The lowest BCUT2D eigenvalue weighted by Crippen LogP contribution is -2.74. The molecule has 0 radical (unpaired) electrons. The number of phenols is 1. The summed E-state index contributed by atoms with van der Waals surface area (Å²) in [6, 6.07) is 15.6. The van der Waals surface area contributed by atoms with Crippen molar-refractivity contribution in [3.8, 4) is 11.5 Å². The first-order valence-corrected chi connectivity index (χ1v) is 10.4. The molecule has 2 aromatic rings. The molecular weight excluding hydrogens is 378 g/mol. The average Bonchev–Trinajstić information content (AvgIpc) is 2.73. The Bertz CT molecular complexity index is 938. The van der Waals surface area contributed by atoms with Crippen LogP contribution in [0.4, 0.5) is 0 Å². The van der Waals surface area contributed by atoms with Crippen molar-refractivity contribution in [3.63, 3.8) is 0 Å². The minimum Gasteiger partial charge on any atom is -0.504 e. The number of hydrogen-bond acceptors (Lipinski definition) is 7. The van der Waals surface area contributed by atoms with Gasteiger partial charge in [0.15, 0.2) is 11.5 Å². The van der Waals surface area contributed by atoms with Crippen molar-refractivity contribution in [3.05, 3.63) is 59.7 Å². The predicted octanol–water partition coefficient (Wildman–Crippen LogP) is 2.42. The second-order valence-electron chi connectivity index (χ2n) is 8.41. The average molecular weight is 406 g/mol. The van der Waals surface area contributed by atoms with Gasteiger partial charge in [0.2, 0.25) is 0 Å². The highest BCUT2D eigenvalue weighted by Crippen LogP contribution is 2.38. The molecule has 30 heavy (non-hydrogen) atoms. The van der Waals surface area contributed by atoms with Gasteiger partial charge in [0.25, 0.3) is 0 Å². The molecule has 2 aromatic carbocycles. The van der Waals surface area contributed by atoms with Gasteiger partial charge in [-0.25, -0.2) is 0 Å². The summed E-state index contributed by atoms with van der Waals surface area (Å²) in [7, 11) is 0. The fourth-order valence-corrected chi connectivity index (χ4v) is 5.04. The topological polar surface area (TPSA) is 63.9 Å². The standard InChI is InChI=1S/C23H27N5O2/c1-2-30-21-10-18(8-9-20(21)29)11-24-25-22(19-6-4-3-5-7-19)23-12-26-15-27(13-23)17-28(14-23)16-26/h3-11,29H,2,12-17H2,1H3. The molecule has 4 bridgehead atoms. The van der Waals surface area contributed by atoms with E-state index in [1.807, 2.05) is 19.1 Å². The summed E-state index contributed by atoms with van der Waals surface area (Å²) in [5, 5.41) is 19.2. The fraction of sp³-hybridized carbons (Fsp3) is 0.391. The van der Waals surface area contributed by atoms with E-state index in [4.69, 9.17) is 9.84 Å². The second-order valence-corrected chi connectivity index (χ2v) is 8.41. The summed E-state index contributed by atoms with van der Waals surface area (Å²) >= 11 is 0. The molecule has 0 amide bonds. The monoisotopic (exact) mass is 405 g/mol.